The van der Waals surface area contributed by atoms with Crippen LogP contribution in [0.15, 0.2) is 12.4 Å². The van der Waals surface area contributed by atoms with Crippen LogP contribution in [0.3, 0.4) is 0 Å². The first-order valence-corrected chi connectivity index (χ1v) is 6.29. The molecule has 0 aromatic carbocycles. The molecule has 1 aliphatic rings. The predicted octanol–water partition coefficient (Wildman–Crippen LogP) is 1.15. The van der Waals surface area contributed by atoms with E-state index in [0.717, 1.165) is 19.3 Å². The number of anilines is 1. The minimum Gasteiger partial charge on any atom is -0.382 e. The minimum absolute atomic E-state index is 0. The van der Waals surface area contributed by atoms with E-state index < -0.39 is 0 Å². The number of carbonyl (C=O) groups excluding carboxylic acids is 1. The zero-order chi connectivity index (χ0) is 13.0. The summed E-state index contributed by atoms with van der Waals surface area (Å²) in [5.41, 5.74) is 11.6. The molecule has 2 unspecified atom stereocenters. The van der Waals surface area contributed by atoms with Crippen LogP contribution in [-0.4, -0.2) is 28.5 Å². The van der Waals surface area contributed by atoms with Gasteiger partial charge in [-0.1, -0.05) is 12.8 Å². The topological polar surface area (TPSA) is 107 Å². The molecule has 5 N–H and O–H groups in total. The molecule has 1 aliphatic carbocycles. The first-order valence-electron chi connectivity index (χ1n) is 6.29. The molecule has 6 nitrogen and oxygen atoms in total. The number of aromatic nitrogens is 2. The molecule has 1 aromatic rings. The lowest BCUT2D eigenvalue weighted by atomic mass is 9.84. The third-order valence-electron chi connectivity index (χ3n) is 3.47. The molecule has 114 valence electrons. The number of nitrogens with zero attached hydrogens (tertiary/aromatic N) is 2. The van der Waals surface area contributed by atoms with Crippen LogP contribution in [0, 0.1) is 5.92 Å². The number of amides is 1. The van der Waals surface area contributed by atoms with Gasteiger partial charge in [0, 0.05) is 18.4 Å². The van der Waals surface area contributed by atoms with Gasteiger partial charge in [0.15, 0.2) is 11.5 Å². The van der Waals surface area contributed by atoms with E-state index in [0.29, 0.717) is 12.5 Å². The maximum atomic E-state index is 12.1. The van der Waals surface area contributed by atoms with Crippen LogP contribution in [0.25, 0.3) is 0 Å². The average molecular weight is 322 g/mol. The van der Waals surface area contributed by atoms with E-state index in [1.54, 1.807) is 0 Å². The Bertz CT molecular complexity index is 432. The Balaban J connectivity index is 0.00000180. The van der Waals surface area contributed by atoms with Gasteiger partial charge < -0.3 is 16.8 Å². The van der Waals surface area contributed by atoms with E-state index in [9.17, 15) is 4.79 Å². The second kappa shape index (κ2) is 8.94. The molecule has 20 heavy (non-hydrogen) atoms. The van der Waals surface area contributed by atoms with Crippen molar-refractivity contribution in [3.63, 3.8) is 0 Å². The standard InChI is InChI=1S/C12H19N5O.2ClH/c13-7-8-3-1-2-4-9(8)17-12(18)10-11(14)16-6-5-15-10;;/h5-6,8-9H,1-4,7,13H2,(H2,14,16)(H,17,18);2*1H. The molecule has 1 aromatic heterocycles. The Morgan fingerprint density at radius 3 is 2.55 bits per heavy atom. The lowest BCUT2D eigenvalue weighted by Gasteiger charge is -2.31. The van der Waals surface area contributed by atoms with E-state index >= 15 is 0 Å². The van der Waals surface area contributed by atoms with Gasteiger partial charge >= 0.3 is 0 Å². The number of hydrogen-bond acceptors (Lipinski definition) is 5. The van der Waals surface area contributed by atoms with Gasteiger partial charge in [-0.25, -0.2) is 9.97 Å². The molecule has 1 heterocycles. The van der Waals surface area contributed by atoms with Gasteiger partial charge in [0.25, 0.3) is 5.91 Å². The summed E-state index contributed by atoms with van der Waals surface area (Å²) in [4.78, 5) is 19.9. The van der Waals surface area contributed by atoms with Gasteiger partial charge in [0.2, 0.25) is 0 Å². The van der Waals surface area contributed by atoms with Gasteiger partial charge in [-0.2, -0.15) is 0 Å². The average Bonchev–Trinajstić information content (AvgIpc) is 2.39. The number of hydrogen-bond donors (Lipinski definition) is 3. The Morgan fingerprint density at radius 2 is 1.90 bits per heavy atom. The lowest BCUT2D eigenvalue weighted by molar-refractivity contribution is 0.0903. The summed E-state index contributed by atoms with van der Waals surface area (Å²) in [5, 5.41) is 2.98. The molecular formula is C12H21Cl2N5O. The van der Waals surface area contributed by atoms with Crippen molar-refractivity contribution in [2.75, 3.05) is 12.3 Å². The van der Waals surface area contributed by atoms with Crippen LogP contribution in [0.2, 0.25) is 0 Å². The van der Waals surface area contributed by atoms with E-state index in [1.807, 2.05) is 0 Å². The maximum Gasteiger partial charge on any atom is 0.273 e. The predicted molar refractivity (Wildman–Crippen MR) is 83.2 cm³/mol. The fourth-order valence-electron chi connectivity index (χ4n) is 2.44. The number of nitrogens with one attached hydrogen (secondary N) is 1. The summed E-state index contributed by atoms with van der Waals surface area (Å²) < 4.78 is 0. The van der Waals surface area contributed by atoms with Crippen molar-refractivity contribution in [2.45, 2.75) is 31.7 Å². The van der Waals surface area contributed by atoms with Crippen molar-refractivity contribution in [1.82, 2.24) is 15.3 Å². The van der Waals surface area contributed by atoms with Crippen LogP contribution < -0.4 is 16.8 Å². The number of carbonyl (C=O) groups is 1. The molecule has 1 fully saturated rings. The highest BCUT2D eigenvalue weighted by atomic mass is 35.5. The van der Waals surface area contributed by atoms with E-state index in [1.165, 1.54) is 18.8 Å². The zero-order valence-electron chi connectivity index (χ0n) is 11.1. The Morgan fingerprint density at radius 1 is 1.25 bits per heavy atom. The van der Waals surface area contributed by atoms with Crippen molar-refractivity contribution >= 4 is 36.5 Å². The van der Waals surface area contributed by atoms with Gasteiger partial charge in [0.05, 0.1) is 0 Å². The van der Waals surface area contributed by atoms with Crippen LogP contribution in [0.5, 0.6) is 0 Å². The molecule has 2 rings (SSSR count). The molecule has 0 radical (unpaired) electrons. The van der Waals surface area contributed by atoms with Crippen molar-refractivity contribution < 1.29 is 4.79 Å². The summed E-state index contributed by atoms with van der Waals surface area (Å²) in [6, 6.07) is 0.123. The number of nitrogens with two attached hydrogens (primary N) is 2. The highest BCUT2D eigenvalue weighted by Gasteiger charge is 2.26. The first kappa shape index (κ1) is 18.9. The number of nitrogen functional groups attached to an aromatic ring is 1. The highest BCUT2D eigenvalue weighted by molar-refractivity contribution is 5.96. The largest absolute Gasteiger partial charge is 0.382 e. The monoisotopic (exact) mass is 321 g/mol. The summed E-state index contributed by atoms with van der Waals surface area (Å²) in [6.07, 6.45) is 7.27. The SMILES string of the molecule is Cl.Cl.NCC1CCCCC1NC(=O)c1nccnc1N. The van der Waals surface area contributed by atoms with E-state index in [2.05, 4.69) is 15.3 Å². The van der Waals surface area contributed by atoms with Crippen LogP contribution in [-0.2, 0) is 0 Å². The summed E-state index contributed by atoms with van der Waals surface area (Å²) in [6.45, 7) is 0.598. The van der Waals surface area contributed by atoms with Crippen LogP contribution >= 0.6 is 24.8 Å². The molecule has 2 atom stereocenters. The van der Waals surface area contributed by atoms with E-state index in [-0.39, 0.29) is 48.3 Å². The summed E-state index contributed by atoms with van der Waals surface area (Å²) >= 11 is 0. The number of rotatable bonds is 3. The lowest BCUT2D eigenvalue weighted by Crippen LogP contribution is -2.45. The summed E-state index contributed by atoms with van der Waals surface area (Å²) in [5.74, 6) is 0.252. The quantitative estimate of drug-likeness (QED) is 0.774. The minimum atomic E-state index is -0.258. The fraction of sp³-hybridized carbons (Fsp3) is 0.583. The zero-order valence-corrected chi connectivity index (χ0v) is 12.8. The highest BCUT2D eigenvalue weighted by Crippen LogP contribution is 2.23. The Hall–Kier alpha value is -1.11. The van der Waals surface area contributed by atoms with Gasteiger partial charge in [-0.3, -0.25) is 4.79 Å². The van der Waals surface area contributed by atoms with Crippen LogP contribution in [0.1, 0.15) is 36.2 Å². The number of halogens is 2. The van der Waals surface area contributed by atoms with Crippen molar-refractivity contribution in [3.8, 4) is 0 Å². The fourth-order valence-corrected chi connectivity index (χ4v) is 2.44. The molecule has 1 saturated carbocycles. The third-order valence-corrected chi connectivity index (χ3v) is 3.47. The maximum absolute atomic E-state index is 12.1. The summed E-state index contributed by atoms with van der Waals surface area (Å²) in [7, 11) is 0. The molecular weight excluding hydrogens is 301 g/mol. The second-order valence-electron chi connectivity index (χ2n) is 4.65. The molecule has 0 aliphatic heterocycles. The molecule has 0 spiro atoms. The molecule has 0 saturated heterocycles. The van der Waals surface area contributed by atoms with E-state index in [4.69, 9.17) is 11.5 Å². The molecule has 8 heteroatoms. The normalized spacial score (nSPS) is 21.2. The van der Waals surface area contributed by atoms with Crippen LogP contribution in [0.4, 0.5) is 5.82 Å². The Kier molecular flexibility index (Phi) is 8.45. The van der Waals surface area contributed by atoms with Crippen molar-refractivity contribution in [2.24, 2.45) is 11.7 Å². The second-order valence-corrected chi connectivity index (χ2v) is 4.65. The Labute approximate surface area is 130 Å². The van der Waals surface area contributed by atoms with Crippen molar-refractivity contribution in [1.29, 1.82) is 0 Å². The third kappa shape index (κ3) is 4.47. The smallest absolute Gasteiger partial charge is 0.273 e. The van der Waals surface area contributed by atoms with Gasteiger partial charge in [0.1, 0.15) is 0 Å². The molecule has 1 amide bonds. The first-order chi connectivity index (χ1) is 8.72. The van der Waals surface area contributed by atoms with Crippen molar-refractivity contribution in [3.05, 3.63) is 18.1 Å². The molecule has 0 bridgehead atoms. The van der Waals surface area contributed by atoms with Gasteiger partial charge in [-0.15, -0.1) is 24.8 Å². The van der Waals surface area contributed by atoms with Gasteiger partial charge in [-0.05, 0) is 25.3 Å².